The van der Waals surface area contributed by atoms with Crippen molar-refractivity contribution in [2.75, 3.05) is 0 Å². The maximum absolute atomic E-state index is 14.0. The average Bonchev–Trinajstić information content (AvgIpc) is 3.86. The zero-order valence-electron chi connectivity index (χ0n) is 27.2. The first-order valence-corrected chi connectivity index (χ1v) is 16.6. The zero-order valence-corrected chi connectivity index (χ0v) is 27.2. The van der Waals surface area contributed by atoms with Gasteiger partial charge in [-0.2, -0.15) is 0 Å². The topological polar surface area (TPSA) is 208 Å². The molecule has 5 saturated carbocycles. The van der Waals surface area contributed by atoms with E-state index in [2.05, 4.69) is 0 Å². The molecule has 5 aliphatic carbocycles. The van der Waals surface area contributed by atoms with Crippen molar-refractivity contribution in [1.82, 2.24) is 0 Å². The van der Waals surface area contributed by atoms with Gasteiger partial charge in [0.25, 0.3) is 0 Å². The summed E-state index contributed by atoms with van der Waals surface area (Å²) in [7, 11) is 0. The first kappa shape index (κ1) is 31.1. The molecule has 254 valence electrons. The van der Waals surface area contributed by atoms with Crippen molar-refractivity contribution in [3.05, 3.63) is 0 Å². The van der Waals surface area contributed by atoms with Gasteiger partial charge >= 0.3 is 17.9 Å². The van der Waals surface area contributed by atoms with Gasteiger partial charge in [0.05, 0.1) is 29.1 Å². The van der Waals surface area contributed by atoms with Gasteiger partial charge in [0.15, 0.2) is 5.60 Å². The highest BCUT2D eigenvalue weighted by Crippen LogP contribution is 2.81. The van der Waals surface area contributed by atoms with Crippen LogP contribution in [-0.4, -0.2) is 99.2 Å². The quantitative estimate of drug-likeness (QED) is 0.179. The third kappa shape index (κ3) is 3.11. The maximum atomic E-state index is 14.0. The van der Waals surface area contributed by atoms with Gasteiger partial charge < -0.3 is 44.7 Å². The molecule has 3 heterocycles. The summed E-state index contributed by atoms with van der Waals surface area (Å²) in [6, 6.07) is -0.921. The fourth-order valence-corrected chi connectivity index (χ4v) is 13.1. The van der Waals surface area contributed by atoms with Crippen LogP contribution in [0, 0.1) is 57.7 Å². The lowest BCUT2D eigenvalue weighted by Crippen LogP contribution is -2.74. The molecule has 0 amide bonds. The van der Waals surface area contributed by atoms with Gasteiger partial charge in [0, 0.05) is 37.1 Å². The summed E-state index contributed by atoms with van der Waals surface area (Å²) in [6.07, 6.45) is -5.18. The predicted octanol–water partition coefficient (Wildman–Crippen LogP) is -0.161. The van der Waals surface area contributed by atoms with E-state index in [4.69, 9.17) is 29.4 Å². The summed E-state index contributed by atoms with van der Waals surface area (Å²) in [5, 5.41) is 36.1. The molecule has 0 bridgehead atoms. The van der Waals surface area contributed by atoms with E-state index >= 15 is 0 Å². The van der Waals surface area contributed by atoms with E-state index in [1.807, 2.05) is 13.8 Å². The molecule has 1 spiro atoms. The number of hydrogen-bond acceptors (Lipinski definition) is 13. The van der Waals surface area contributed by atoms with Gasteiger partial charge in [0.2, 0.25) is 5.79 Å². The van der Waals surface area contributed by atoms with Crippen molar-refractivity contribution in [1.29, 1.82) is 0 Å². The minimum absolute atomic E-state index is 0.132. The number of hydrogen-bond donors (Lipinski definition) is 4. The zero-order chi connectivity index (χ0) is 33.4. The van der Waals surface area contributed by atoms with E-state index in [0.29, 0.717) is 6.42 Å². The molecule has 8 fully saturated rings. The van der Waals surface area contributed by atoms with Crippen molar-refractivity contribution < 1.29 is 58.2 Å². The second-order valence-corrected chi connectivity index (χ2v) is 16.2. The monoisotopic (exact) mass is 647 g/mol. The van der Waals surface area contributed by atoms with Crippen LogP contribution >= 0.6 is 0 Å². The second kappa shape index (κ2) is 8.89. The van der Waals surface area contributed by atoms with E-state index in [1.165, 1.54) is 27.7 Å². The van der Waals surface area contributed by atoms with Crippen molar-refractivity contribution in [2.45, 2.75) is 121 Å². The molecule has 13 heteroatoms. The van der Waals surface area contributed by atoms with Crippen LogP contribution in [0.3, 0.4) is 0 Å². The fourth-order valence-electron chi connectivity index (χ4n) is 13.1. The van der Waals surface area contributed by atoms with E-state index < -0.39 is 124 Å². The highest BCUT2D eigenvalue weighted by atomic mass is 16.8. The number of aliphatic hydroxyl groups excluding tert-OH is 2. The highest BCUT2D eigenvalue weighted by molar-refractivity contribution is 5.85. The highest BCUT2D eigenvalue weighted by Gasteiger charge is 2.93. The smallest absolute Gasteiger partial charge is 0.341 e. The van der Waals surface area contributed by atoms with Crippen LogP contribution < -0.4 is 5.73 Å². The molecule has 2 unspecified atom stereocenters. The Kier molecular flexibility index (Phi) is 6.02. The molecule has 0 aromatic heterocycles. The number of epoxide rings is 2. The number of carbonyl (C=O) groups excluding carboxylic acids is 4. The van der Waals surface area contributed by atoms with Crippen molar-refractivity contribution in [2.24, 2.45) is 63.4 Å². The first-order valence-electron chi connectivity index (χ1n) is 16.6. The van der Waals surface area contributed by atoms with Gasteiger partial charge in [0.1, 0.15) is 30.2 Å². The van der Waals surface area contributed by atoms with E-state index in [9.17, 15) is 34.5 Å². The summed E-state index contributed by atoms with van der Waals surface area (Å²) in [5.74, 6) is -8.21. The Bertz CT molecular complexity index is 1450. The van der Waals surface area contributed by atoms with Gasteiger partial charge in [-0.25, -0.2) is 4.79 Å². The molecule has 0 radical (unpaired) electrons. The first-order chi connectivity index (χ1) is 21.3. The Labute approximate surface area is 266 Å². The Morgan fingerprint density at radius 1 is 0.957 bits per heavy atom. The normalized spacial score (nSPS) is 61.7. The minimum Gasteiger partial charge on any atom is -0.462 e. The predicted molar refractivity (Wildman–Crippen MR) is 153 cm³/mol. The Morgan fingerprint density at radius 2 is 1.61 bits per heavy atom. The number of Topliss-reactive ketones (excluding diaryl/α,β-unsaturated/α-hetero) is 1. The molecule has 5 N–H and O–H groups in total. The number of fused-ring (bicyclic) bond motifs is 9. The third-order valence-corrected chi connectivity index (χ3v) is 14.9. The van der Waals surface area contributed by atoms with Gasteiger partial charge in [-0.1, -0.05) is 13.8 Å². The molecule has 13 nitrogen and oxygen atoms in total. The molecule has 0 aromatic carbocycles. The van der Waals surface area contributed by atoms with Crippen LogP contribution in [0.1, 0.15) is 61.3 Å². The Hall–Kier alpha value is -2.16. The molecule has 3 aliphatic heterocycles. The summed E-state index contributed by atoms with van der Waals surface area (Å²) in [4.78, 5) is 53.2. The Morgan fingerprint density at radius 3 is 2.22 bits per heavy atom. The molecule has 8 rings (SSSR count). The van der Waals surface area contributed by atoms with Crippen LogP contribution in [-0.2, 0) is 42.9 Å². The molecule has 3 saturated heterocycles. The standard InChI is InChI=1S/C33H45NO12/c1-10-19-21(30(6)31(7,41)28(40)46-33(30)27(10)45-33)25(43-13(4)37)20-18-14(9-17(29(19,20)5)42-12(3)36)32(11(2)35)15(22(34)23(18)38)8-16-24(44-16)26(32)39/h10,14-27,38-39,41H,8-9,34H2,1-7H3/t10-,14?,15+,16-,17-,18?,19-,20+,21-,22-,23+,24-,25+,26-,27+,29+,30-,31+,32+,33-/m0/s1. The molecular weight excluding hydrogens is 602 g/mol. The van der Waals surface area contributed by atoms with Crippen LogP contribution in [0.2, 0.25) is 0 Å². The number of aliphatic hydroxyl groups is 3. The largest absolute Gasteiger partial charge is 0.462 e. The SMILES string of the molecule is CC(=O)O[C@H]1[C@@H]2[C@H]([C@H](C)[C@H]3O[C@]34OC(=O)[C@@](C)(O)[C@]24C)[C@@]2(C)[C@@H](OC(C)=O)CC3C([C@@H](O)[C@@H](N)[C@H]4C[C@@H]5O[C@@H]5[C@H](O)[C@]34C(C)=O)[C@H]12. The maximum Gasteiger partial charge on any atom is 0.341 e. The summed E-state index contributed by atoms with van der Waals surface area (Å²) < 4.78 is 30.3. The number of nitrogens with two attached hydrogens (primary N) is 1. The minimum atomic E-state index is -2.05. The molecule has 20 atom stereocenters. The number of esters is 3. The van der Waals surface area contributed by atoms with Crippen LogP contribution in [0.5, 0.6) is 0 Å². The van der Waals surface area contributed by atoms with E-state index in [1.54, 1.807) is 6.92 Å². The lowest BCUT2D eigenvalue weighted by Gasteiger charge is -2.65. The summed E-state index contributed by atoms with van der Waals surface area (Å²) in [5.41, 5.74) is 0.970. The van der Waals surface area contributed by atoms with Gasteiger partial charge in [-0.3, -0.25) is 14.4 Å². The summed E-state index contributed by atoms with van der Waals surface area (Å²) in [6.45, 7) is 11.0. The van der Waals surface area contributed by atoms with Gasteiger partial charge in [-0.15, -0.1) is 0 Å². The molecule has 46 heavy (non-hydrogen) atoms. The van der Waals surface area contributed by atoms with E-state index in [0.717, 1.165) is 0 Å². The van der Waals surface area contributed by atoms with Crippen molar-refractivity contribution >= 4 is 23.7 Å². The molecular formula is C33H45NO12. The number of ketones is 1. The summed E-state index contributed by atoms with van der Waals surface area (Å²) >= 11 is 0. The Balaban J connectivity index is 1.38. The van der Waals surface area contributed by atoms with E-state index in [-0.39, 0.29) is 24.2 Å². The second-order valence-electron chi connectivity index (χ2n) is 16.2. The number of rotatable bonds is 3. The number of ether oxygens (including phenoxy) is 5. The average molecular weight is 648 g/mol. The lowest BCUT2D eigenvalue weighted by molar-refractivity contribution is -0.242. The molecule has 8 aliphatic rings. The fraction of sp³-hybridized carbons (Fsp3) is 0.879. The van der Waals surface area contributed by atoms with Crippen molar-refractivity contribution in [3.63, 3.8) is 0 Å². The van der Waals surface area contributed by atoms with Crippen LogP contribution in [0.4, 0.5) is 0 Å². The van der Waals surface area contributed by atoms with Gasteiger partial charge in [-0.05, 0) is 63.2 Å². The third-order valence-electron chi connectivity index (χ3n) is 14.9. The van der Waals surface area contributed by atoms with Crippen LogP contribution in [0.25, 0.3) is 0 Å². The van der Waals surface area contributed by atoms with Crippen molar-refractivity contribution in [3.8, 4) is 0 Å². The van der Waals surface area contributed by atoms with Crippen LogP contribution in [0.15, 0.2) is 0 Å². The number of carbonyl (C=O) groups is 4. The molecule has 0 aromatic rings. The lowest BCUT2D eigenvalue weighted by atomic mass is 9.40.